The Kier molecular flexibility index (Phi) is 6.04. The lowest BCUT2D eigenvalue weighted by Crippen LogP contribution is -2.14. The quantitative estimate of drug-likeness (QED) is 0.651. The van der Waals surface area contributed by atoms with E-state index in [0.717, 1.165) is 6.26 Å². The van der Waals surface area contributed by atoms with Gasteiger partial charge >= 0.3 is 0 Å². The van der Waals surface area contributed by atoms with Gasteiger partial charge in [-0.3, -0.25) is 9.44 Å². The zero-order valence-corrected chi connectivity index (χ0v) is 17.3. The molecule has 142 valence electrons. The van der Waals surface area contributed by atoms with Crippen molar-refractivity contribution in [1.82, 2.24) is 0 Å². The van der Waals surface area contributed by atoms with Crippen LogP contribution in [0.1, 0.15) is 0 Å². The van der Waals surface area contributed by atoms with Crippen molar-refractivity contribution in [2.24, 2.45) is 0 Å². The van der Waals surface area contributed by atoms with Gasteiger partial charge in [-0.2, -0.15) is 0 Å². The van der Waals surface area contributed by atoms with Gasteiger partial charge in [0, 0.05) is 10.5 Å². The number of nitrogens with one attached hydrogen (secondary N) is 2. The average Bonchev–Trinajstić information content (AvgIpc) is 2.52. The van der Waals surface area contributed by atoms with Crippen LogP contribution in [0.5, 0.6) is 11.5 Å². The van der Waals surface area contributed by atoms with Crippen molar-refractivity contribution in [2.75, 3.05) is 29.9 Å². The fraction of sp³-hybridized carbons (Fsp3) is 0.200. The highest BCUT2D eigenvalue weighted by Gasteiger charge is 2.21. The molecule has 2 aromatic rings. The van der Waals surface area contributed by atoms with Crippen LogP contribution >= 0.6 is 15.9 Å². The Morgan fingerprint density at radius 2 is 1.42 bits per heavy atom. The minimum atomic E-state index is -3.97. The molecule has 0 radical (unpaired) electrons. The highest BCUT2D eigenvalue weighted by atomic mass is 79.9. The molecule has 0 unspecified atom stereocenters. The van der Waals surface area contributed by atoms with Crippen LogP contribution in [0.3, 0.4) is 0 Å². The van der Waals surface area contributed by atoms with E-state index in [-0.39, 0.29) is 26.5 Å². The Balaban J connectivity index is 2.39. The molecule has 0 fully saturated rings. The number of halogens is 1. The van der Waals surface area contributed by atoms with Crippen molar-refractivity contribution in [3.63, 3.8) is 0 Å². The molecule has 0 heterocycles. The first-order valence-corrected chi connectivity index (χ1v) is 11.2. The van der Waals surface area contributed by atoms with Crippen LogP contribution in [0, 0.1) is 0 Å². The largest absolute Gasteiger partial charge is 0.493 e. The summed E-state index contributed by atoms with van der Waals surface area (Å²) in [6, 6.07) is 8.70. The van der Waals surface area contributed by atoms with E-state index in [4.69, 9.17) is 9.47 Å². The van der Waals surface area contributed by atoms with Crippen LogP contribution < -0.4 is 18.9 Å². The number of hydrogen-bond donors (Lipinski definition) is 2. The Morgan fingerprint density at radius 1 is 0.885 bits per heavy atom. The summed E-state index contributed by atoms with van der Waals surface area (Å²) < 4.78 is 63.3. The third-order valence-corrected chi connectivity index (χ3v) is 6.09. The van der Waals surface area contributed by atoms with E-state index in [1.807, 2.05) is 0 Å². The Hall–Kier alpha value is -1.98. The van der Waals surface area contributed by atoms with Gasteiger partial charge in [-0.1, -0.05) is 6.07 Å². The maximum absolute atomic E-state index is 12.7. The van der Waals surface area contributed by atoms with E-state index in [0.29, 0.717) is 5.75 Å². The van der Waals surface area contributed by atoms with Crippen molar-refractivity contribution >= 4 is 47.4 Å². The first-order valence-electron chi connectivity index (χ1n) is 7.08. The van der Waals surface area contributed by atoms with Crippen LogP contribution in [0.25, 0.3) is 0 Å². The Morgan fingerprint density at radius 3 is 1.96 bits per heavy atom. The van der Waals surface area contributed by atoms with E-state index in [2.05, 4.69) is 25.4 Å². The molecule has 11 heteroatoms. The Labute approximate surface area is 160 Å². The van der Waals surface area contributed by atoms with Crippen molar-refractivity contribution in [3.8, 4) is 11.5 Å². The van der Waals surface area contributed by atoms with E-state index < -0.39 is 20.0 Å². The van der Waals surface area contributed by atoms with E-state index in [9.17, 15) is 16.8 Å². The third-order valence-electron chi connectivity index (χ3n) is 3.15. The predicted octanol–water partition coefficient (Wildman–Crippen LogP) is 2.64. The second kappa shape index (κ2) is 7.72. The normalized spacial score (nSPS) is 11.7. The molecule has 26 heavy (non-hydrogen) atoms. The van der Waals surface area contributed by atoms with Crippen LogP contribution in [0.15, 0.2) is 45.8 Å². The number of methoxy groups -OCH3 is 2. The zero-order chi connectivity index (χ0) is 19.5. The first-order chi connectivity index (χ1) is 12.1. The number of ether oxygens (including phenoxy) is 2. The lowest BCUT2D eigenvalue weighted by Gasteiger charge is -2.14. The van der Waals surface area contributed by atoms with Crippen LogP contribution in [0.4, 0.5) is 11.4 Å². The minimum Gasteiger partial charge on any atom is -0.493 e. The molecule has 8 nitrogen and oxygen atoms in total. The smallest absolute Gasteiger partial charge is 0.263 e. The van der Waals surface area contributed by atoms with Crippen LogP contribution in [-0.2, 0) is 20.0 Å². The fourth-order valence-corrected chi connectivity index (χ4v) is 4.75. The highest BCUT2D eigenvalue weighted by Crippen LogP contribution is 2.36. The van der Waals surface area contributed by atoms with E-state index >= 15 is 0 Å². The maximum Gasteiger partial charge on any atom is 0.263 e. The summed E-state index contributed by atoms with van der Waals surface area (Å²) in [6.45, 7) is 0. The van der Waals surface area contributed by atoms with Gasteiger partial charge in [-0.25, -0.2) is 16.8 Å². The molecule has 0 saturated heterocycles. The number of hydrogen-bond acceptors (Lipinski definition) is 6. The molecule has 0 aliphatic rings. The fourth-order valence-electron chi connectivity index (χ4n) is 2.11. The number of sulfonamides is 2. The van der Waals surface area contributed by atoms with Gasteiger partial charge in [0.25, 0.3) is 10.0 Å². The molecule has 0 aromatic heterocycles. The summed E-state index contributed by atoms with van der Waals surface area (Å²) >= 11 is 3.21. The van der Waals surface area contributed by atoms with Gasteiger partial charge < -0.3 is 9.47 Å². The molecular formula is C15H17BrN2O6S2. The second-order valence-electron chi connectivity index (χ2n) is 5.20. The molecule has 0 spiro atoms. The van der Waals surface area contributed by atoms with E-state index in [1.54, 1.807) is 0 Å². The molecule has 0 atom stereocenters. The molecule has 2 N–H and O–H groups in total. The molecule has 0 aliphatic heterocycles. The monoisotopic (exact) mass is 464 g/mol. The number of benzene rings is 2. The van der Waals surface area contributed by atoms with Crippen molar-refractivity contribution in [3.05, 3.63) is 40.9 Å². The highest BCUT2D eigenvalue weighted by molar-refractivity contribution is 9.10. The Bertz CT molecular complexity index is 1020. The average molecular weight is 465 g/mol. The molecule has 0 saturated carbocycles. The topological polar surface area (TPSA) is 111 Å². The van der Waals surface area contributed by atoms with Crippen molar-refractivity contribution in [2.45, 2.75) is 4.90 Å². The standard InChI is InChI=1S/C15H17BrN2O6S2/c1-23-13-8-12(16)15(9-14(13)24-2)26(21,22)18-11-6-4-5-10(7-11)17-25(3,19)20/h4-9,17-18H,1-3H3. The number of rotatable bonds is 7. The van der Waals surface area contributed by atoms with Gasteiger partial charge in [0.15, 0.2) is 11.5 Å². The maximum atomic E-state index is 12.7. The lowest BCUT2D eigenvalue weighted by molar-refractivity contribution is 0.353. The summed E-state index contributed by atoms with van der Waals surface area (Å²) in [4.78, 5) is -0.0587. The van der Waals surface area contributed by atoms with Gasteiger partial charge in [-0.05, 0) is 40.2 Å². The minimum absolute atomic E-state index is 0.0587. The van der Waals surface area contributed by atoms with Gasteiger partial charge in [-0.15, -0.1) is 0 Å². The van der Waals surface area contributed by atoms with Crippen LogP contribution in [-0.4, -0.2) is 37.3 Å². The molecule has 0 amide bonds. The van der Waals surface area contributed by atoms with Gasteiger partial charge in [0.05, 0.1) is 31.9 Å². The molecule has 0 aliphatic carbocycles. The first kappa shape index (κ1) is 20.3. The van der Waals surface area contributed by atoms with Crippen molar-refractivity contribution < 1.29 is 26.3 Å². The molecular weight excluding hydrogens is 448 g/mol. The number of anilines is 2. The lowest BCUT2D eigenvalue weighted by atomic mass is 10.3. The summed E-state index contributed by atoms with van der Waals surface area (Å²) in [5.74, 6) is 0.626. The van der Waals surface area contributed by atoms with Gasteiger partial charge in [0.1, 0.15) is 4.90 Å². The summed E-state index contributed by atoms with van der Waals surface area (Å²) in [5.41, 5.74) is 0.430. The summed E-state index contributed by atoms with van der Waals surface area (Å²) in [7, 11) is -4.61. The predicted molar refractivity (Wildman–Crippen MR) is 103 cm³/mol. The van der Waals surface area contributed by atoms with Crippen LogP contribution in [0.2, 0.25) is 0 Å². The second-order valence-corrected chi connectivity index (χ2v) is 9.45. The van der Waals surface area contributed by atoms with E-state index in [1.165, 1.54) is 50.6 Å². The van der Waals surface area contributed by atoms with Crippen molar-refractivity contribution in [1.29, 1.82) is 0 Å². The summed E-state index contributed by atoms with van der Waals surface area (Å²) in [5, 5.41) is 0. The third kappa shape index (κ3) is 5.02. The molecule has 2 rings (SSSR count). The zero-order valence-electron chi connectivity index (χ0n) is 14.1. The molecule has 0 bridgehead atoms. The summed E-state index contributed by atoms with van der Waals surface area (Å²) in [6.07, 6.45) is 1.00. The molecule has 2 aromatic carbocycles. The van der Waals surface area contributed by atoms with Gasteiger partial charge in [0.2, 0.25) is 10.0 Å². The SMILES string of the molecule is COc1cc(Br)c(S(=O)(=O)Nc2cccc(NS(C)(=O)=O)c2)cc1OC.